The standard InChI is InChI=1S/C24H24F2N2O3S/c1-15-11-16(2)23(17(3)12-15)32(30,31)28-22(13-18-7-5-4-6-8-18)24(29)27-19-9-10-20(25)21(26)14-19/h4-12,14,22,28H,13H2,1-3H3,(H,27,29). The Morgan fingerprint density at radius 2 is 1.53 bits per heavy atom. The second-order valence-corrected chi connectivity index (χ2v) is 9.36. The lowest BCUT2D eigenvalue weighted by Crippen LogP contribution is -2.45. The minimum atomic E-state index is -4.05. The summed E-state index contributed by atoms with van der Waals surface area (Å²) in [7, 11) is -4.05. The number of anilines is 1. The first-order valence-corrected chi connectivity index (χ1v) is 11.4. The molecule has 0 aliphatic rings. The van der Waals surface area contributed by atoms with Crippen LogP contribution in [0, 0.1) is 32.4 Å². The largest absolute Gasteiger partial charge is 0.325 e. The lowest BCUT2D eigenvalue weighted by molar-refractivity contribution is -0.117. The van der Waals surface area contributed by atoms with Crippen LogP contribution in [0.4, 0.5) is 14.5 Å². The third-order valence-electron chi connectivity index (χ3n) is 4.96. The van der Waals surface area contributed by atoms with Crippen LogP contribution in [0.2, 0.25) is 0 Å². The minimum Gasteiger partial charge on any atom is -0.325 e. The molecule has 0 heterocycles. The molecule has 32 heavy (non-hydrogen) atoms. The van der Waals surface area contributed by atoms with E-state index in [0.717, 1.165) is 23.3 Å². The predicted octanol–water partition coefficient (Wildman–Crippen LogP) is 4.42. The predicted molar refractivity (Wildman–Crippen MR) is 120 cm³/mol. The minimum absolute atomic E-state index is 0.0221. The number of hydrogen-bond acceptors (Lipinski definition) is 3. The molecule has 1 amide bonds. The molecule has 3 aromatic rings. The van der Waals surface area contributed by atoms with Crippen molar-refractivity contribution < 1.29 is 22.0 Å². The topological polar surface area (TPSA) is 75.3 Å². The molecule has 3 aromatic carbocycles. The molecule has 168 valence electrons. The van der Waals surface area contributed by atoms with E-state index in [1.807, 2.05) is 13.0 Å². The Hall–Kier alpha value is -3.10. The number of carbonyl (C=O) groups is 1. The van der Waals surface area contributed by atoms with Crippen LogP contribution in [-0.2, 0) is 21.2 Å². The third-order valence-corrected chi connectivity index (χ3v) is 6.73. The highest BCUT2D eigenvalue weighted by atomic mass is 32.2. The summed E-state index contributed by atoms with van der Waals surface area (Å²) in [6.45, 7) is 5.27. The van der Waals surface area contributed by atoms with Gasteiger partial charge in [0.2, 0.25) is 15.9 Å². The lowest BCUT2D eigenvalue weighted by Gasteiger charge is -2.21. The zero-order valence-corrected chi connectivity index (χ0v) is 18.8. The van der Waals surface area contributed by atoms with E-state index < -0.39 is 33.6 Å². The van der Waals surface area contributed by atoms with Crippen molar-refractivity contribution in [3.05, 3.63) is 94.6 Å². The summed E-state index contributed by atoms with van der Waals surface area (Å²) in [6, 6.07) is 14.2. The molecule has 5 nitrogen and oxygen atoms in total. The van der Waals surface area contributed by atoms with E-state index in [-0.39, 0.29) is 17.0 Å². The number of carbonyl (C=O) groups excluding carboxylic acids is 1. The highest BCUT2D eigenvalue weighted by Crippen LogP contribution is 2.23. The van der Waals surface area contributed by atoms with Crippen molar-refractivity contribution in [1.29, 1.82) is 0 Å². The Balaban J connectivity index is 1.93. The van der Waals surface area contributed by atoms with Gasteiger partial charge in [-0.1, -0.05) is 48.0 Å². The van der Waals surface area contributed by atoms with Crippen molar-refractivity contribution in [3.63, 3.8) is 0 Å². The molecule has 0 aliphatic heterocycles. The number of benzene rings is 3. The second kappa shape index (κ2) is 9.58. The van der Waals surface area contributed by atoms with Crippen molar-refractivity contribution in [2.75, 3.05) is 5.32 Å². The monoisotopic (exact) mass is 458 g/mol. The molecule has 0 saturated carbocycles. The number of amides is 1. The van der Waals surface area contributed by atoms with E-state index in [9.17, 15) is 22.0 Å². The molecule has 0 bridgehead atoms. The first-order chi connectivity index (χ1) is 15.1. The Kier molecular flexibility index (Phi) is 7.06. The molecule has 1 unspecified atom stereocenters. The van der Waals surface area contributed by atoms with Gasteiger partial charge in [-0.25, -0.2) is 17.2 Å². The average Bonchev–Trinajstić information content (AvgIpc) is 2.70. The van der Waals surface area contributed by atoms with E-state index in [1.165, 1.54) is 6.07 Å². The van der Waals surface area contributed by atoms with Crippen LogP contribution in [0.25, 0.3) is 0 Å². The van der Waals surface area contributed by atoms with E-state index in [2.05, 4.69) is 10.0 Å². The fourth-order valence-electron chi connectivity index (χ4n) is 3.68. The van der Waals surface area contributed by atoms with Crippen molar-refractivity contribution in [2.45, 2.75) is 38.1 Å². The number of rotatable bonds is 7. The number of aryl methyl sites for hydroxylation is 3. The van der Waals surface area contributed by atoms with Gasteiger partial charge in [-0.05, 0) is 56.0 Å². The van der Waals surface area contributed by atoms with Crippen LogP contribution in [0.5, 0.6) is 0 Å². The smallest absolute Gasteiger partial charge is 0.242 e. The maximum atomic E-state index is 13.6. The second-order valence-electron chi connectivity index (χ2n) is 7.71. The van der Waals surface area contributed by atoms with Crippen LogP contribution >= 0.6 is 0 Å². The van der Waals surface area contributed by atoms with Crippen molar-refractivity contribution in [2.24, 2.45) is 0 Å². The quantitative estimate of drug-likeness (QED) is 0.551. The van der Waals surface area contributed by atoms with E-state index in [4.69, 9.17) is 0 Å². The van der Waals surface area contributed by atoms with Crippen molar-refractivity contribution in [1.82, 2.24) is 4.72 Å². The third kappa shape index (κ3) is 5.57. The number of halogens is 2. The average molecular weight is 459 g/mol. The summed E-state index contributed by atoms with van der Waals surface area (Å²) in [5.74, 6) is -2.85. The maximum absolute atomic E-state index is 13.6. The molecule has 8 heteroatoms. The summed E-state index contributed by atoms with van der Waals surface area (Å²) in [5, 5.41) is 2.47. The van der Waals surface area contributed by atoms with Crippen LogP contribution in [0.1, 0.15) is 22.3 Å². The molecule has 0 aromatic heterocycles. The van der Waals surface area contributed by atoms with Crippen molar-refractivity contribution >= 4 is 21.6 Å². The summed E-state index contributed by atoms with van der Waals surface area (Å²) in [5.41, 5.74) is 2.81. The van der Waals surface area contributed by atoms with Crippen LogP contribution in [-0.4, -0.2) is 20.4 Å². The van der Waals surface area contributed by atoms with Crippen molar-refractivity contribution in [3.8, 4) is 0 Å². The molecule has 0 radical (unpaired) electrons. The highest BCUT2D eigenvalue weighted by Gasteiger charge is 2.28. The maximum Gasteiger partial charge on any atom is 0.242 e. The Labute approximate surface area is 186 Å². The fourth-order valence-corrected chi connectivity index (χ4v) is 5.33. The Morgan fingerprint density at radius 3 is 2.12 bits per heavy atom. The summed E-state index contributed by atoms with van der Waals surface area (Å²) < 4.78 is 55.7. The lowest BCUT2D eigenvalue weighted by atomic mass is 10.1. The first kappa shape index (κ1) is 23.6. The van der Waals surface area contributed by atoms with Gasteiger partial charge in [0.15, 0.2) is 11.6 Å². The van der Waals surface area contributed by atoms with Crippen LogP contribution in [0.15, 0.2) is 65.6 Å². The molecular formula is C24H24F2N2O3S. The zero-order valence-electron chi connectivity index (χ0n) is 17.9. The van der Waals surface area contributed by atoms with Crippen LogP contribution in [0.3, 0.4) is 0 Å². The number of hydrogen-bond donors (Lipinski definition) is 2. The van der Waals surface area contributed by atoms with Gasteiger partial charge in [0.1, 0.15) is 6.04 Å². The fraction of sp³-hybridized carbons (Fsp3) is 0.208. The molecule has 3 rings (SSSR count). The van der Waals surface area contributed by atoms with Gasteiger partial charge in [0.25, 0.3) is 0 Å². The van der Waals surface area contributed by atoms with Gasteiger partial charge < -0.3 is 5.32 Å². The molecule has 2 N–H and O–H groups in total. The number of nitrogens with one attached hydrogen (secondary N) is 2. The molecule has 0 aliphatic carbocycles. The first-order valence-electron chi connectivity index (χ1n) is 9.97. The van der Waals surface area contributed by atoms with E-state index in [1.54, 1.807) is 50.2 Å². The SMILES string of the molecule is Cc1cc(C)c(S(=O)(=O)NC(Cc2ccccc2)C(=O)Nc2ccc(F)c(F)c2)c(C)c1. The normalized spacial score (nSPS) is 12.4. The van der Waals surface area contributed by atoms with E-state index in [0.29, 0.717) is 11.1 Å². The highest BCUT2D eigenvalue weighted by molar-refractivity contribution is 7.89. The van der Waals surface area contributed by atoms with Gasteiger partial charge in [-0.15, -0.1) is 0 Å². The summed E-state index contributed by atoms with van der Waals surface area (Å²) >= 11 is 0. The molecule has 0 fully saturated rings. The van der Waals surface area contributed by atoms with Gasteiger partial charge in [0.05, 0.1) is 4.90 Å². The molecule has 1 atom stereocenters. The van der Waals surface area contributed by atoms with E-state index >= 15 is 0 Å². The van der Waals surface area contributed by atoms with Crippen LogP contribution < -0.4 is 10.0 Å². The van der Waals surface area contributed by atoms with Gasteiger partial charge in [0, 0.05) is 11.8 Å². The van der Waals surface area contributed by atoms with Gasteiger partial charge >= 0.3 is 0 Å². The number of sulfonamides is 1. The summed E-state index contributed by atoms with van der Waals surface area (Å²) in [4.78, 5) is 13.1. The molecular weight excluding hydrogens is 434 g/mol. The molecule has 0 saturated heterocycles. The zero-order chi connectivity index (χ0) is 23.5. The Morgan fingerprint density at radius 1 is 0.906 bits per heavy atom. The van der Waals surface area contributed by atoms with Gasteiger partial charge in [-0.2, -0.15) is 4.72 Å². The Bertz CT molecular complexity index is 1220. The summed E-state index contributed by atoms with van der Waals surface area (Å²) in [6.07, 6.45) is 0.0690. The molecule has 0 spiro atoms. The van der Waals surface area contributed by atoms with Gasteiger partial charge in [-0.3, -0.25) is 4.79 Å².